The fourth-order valence-corrected chi connectivity index (χ4v) is 23.5. The molecule has 8 aliphatic carbocycles. The van der Waals surface area contributed by atoms with E-state index in [2.05, 4.69) is 48.5 Å². The third-order valence-corrected chi connectivity index (χ3v) is 26.7. The van der Waals surface area contributed by atoms with E-state index < -0.39 is 95.9 Å². The van der Waals surface area contributed by atoms with Crippen molar-refractivity contribution in [3.63, 3.8) is 0 Å². The van der Waals surface area contributed by atoms with Crippen LogP contribution in [0.25, 0.3) is 0 Å². The Balaban J connectivity index is 0.00000344. The van der Waals surface area contributed by atoms with Gasteiger partial charge in [-0.1, -0.05) is 77.7 Å². The van der Waals surface area contributed by atoms with Gasteiger partial charge in [-0.2, -0.15) is 0 Å². The van der Waals surface area contributed by atoms with Crippen molar-refractivity contribution in [2.75, 3.05) is 13.2 Å². The van der Waals surface area contributed by atoms with Crippen molar-refractivity contribution in [2.24, 2.45) is 85.8 Å². The van der Waals surface area contributed by atoms with Crippen molar-refractivity contribution < 1.29 is 133 Å². The number of aliphatic hydroxyl groups is 4. The van der Waals surface area contributed by atoms with Crippen LogP contribution in [0.1, 0.15) is 179 Å². The molecule has 20 heteroatoms. The van der Waals surface area contributed by atoms with Crippen molar-refractivity contribution in [1.82, 2.24) is 0 Å². The quantitative estimate of drug-likeness (QED) is 0.105. The number of fused-ring (bicyclic) bond motifs is 10. The Bertz CT molecular complexity index is 2720. The Morgan fingerprint density at radius 3 is 1.56 bits per heavy atom. The van der Waals surface area contributed by atoms with Crippen molar-refractivity contribution in [2.45, 2.75) is 238 Å². The average Bonchev–Trinajstić information content (AvgIpc) is 3.29. The molecule has 22 atom stereocenters. The molecule has 0 aromatic heterocycles. The molecule has 14 aliphatic rings. The molecule has 78 heavy (non-hydrogen) atoms. The molecule has 0 amide bonds. The standard InChI is InChI=1S/C58H90O16S2.2Na/c1-30(35-13-15-37-33-23-42(72-75(63,64)65)47-49(3,4)57(61)44(59)26-55(47,28-69-57)39(33)18-20-52(35,37)9)12-17-46-54(11)25-32(51(7,8)74-54)22-41(71-46)31(2)36-14-16-38-34-24-43(73-76(66,67)68)48-50(5,6)58(62)45(60)27-56(48,29-70-58)40(34)19-21-53(36,38)10;;/h30-32,35-38,41-48,59-62H,12-29H2,1-11H3,(H,63,64,65)(H,66,67,68);;/q;2*+1/p-2/t30-,31+,32-,35-,36-,37+,38+,41-,42+,43+,44+,45+,46+,47+,48+,52-,53-,54-,55+,56+,57+,58+;;/m1../s1. The van der Waals surface area contributed by atoms with Gasteiger partial charge in [-0.05, 0) is 176 Å². The van der Waals surface area contributed by atoms with Crippen LogP contribution in [-0.2, 0) is 48.1 Å². The van der Waals surface area contributed by atoms with Crippen LogP contribution in [0.4, 0.5) is 0 Å². The van der Waals surface area contributed by atoms with Crippen LogP contribution in [0.2, 0.25) is 0 Å². The van der Waals surface area contributed by atoms with E-state index in [1.54, 1.807) is 27.7 Å². The number of rotatable bonds is 10. The zero-order valence-corrected chi connectivity index (χ0v) is 54.5. The first-order valence-corrected chi connectivity index (χ1v) is 31.9. The van der Waals surface area contributed by atoms with Crippen molar-refractivity contribution in [3.8, 4) is 0 Å². The van der Waals surface area contributed by atoms with Gasteiger partial charge in [0.2, 0.25) is 20.8 Å². The smallest absolute Gasteiger partial charge is 0.726 e. The van der Waals surface area contributed by atoms with Crippen LogP contribution in [0.3, 0.4) is 0 Å². The van der Waals surface area contributed by atoms with Gasteiger partial charge in [0, 0.05) is 33.5 Å². The maximum Gasteiger partial charge on any atom is 1.00 e. The minimum atomic E-state index is -5.10. The van der Waals surface area contributed by atoms with Crippen molar-refractivity contribution in [3.05, 3.63) is 22.3 Å². The predicted molar refractivity (Wildman–Crippen MR) is 275 cm³/mol. The van der Waals surface area contributed by atoms with Gasteiger partial charge in [0.1, 0.15) is 12.2 Å². The van der Waals surface area contributed by atoms with E-state index in [0.29, 0.717) is 30.1 Å². The first-order chi connectivity index (χ1) is 35.0. The summed E-state index contributed by atoms with van der Waals surface area (Å²) >= 11 is 0. The predicted octanol–water partition coefficient (Wildman–Crippen LogP) is 1.75. The summed E-state index contributed by atoms with van der Waals surface area (Å²) in [6.45, 7) is 23.8. The summed E-state index contributed by atoms with van der Waals surface area (Å²) in [5.74, 6) is -3.14. The number of aliphatic hydroxyl groups excluding tert-OH is 2. The van der Waals surface area contributed by atoms with Gasteiger partial charge in [0.05, 0.1) is 48.8 Å². The van der Waals surface area contributed by atoms with Crippen LogP contribution < -0.4 is 59.1 Å². The summed E-state index contributed by atoms with van der Waals surface area (Å²) < 4.78 is 113. The molecule has 6 saturated heterocycles. The second kappa shape index (κ2) is 19.4. The zero-order chi connectivity index (χ0) is 54.9. The molecule has 16 nitrogen and oxygen atoms in total. The first-order valence-electron chi connectivity index (χ1n) is 29.2. The van der Waals surface area contributed by atoms with Gasteiger partial charge in [0.15, 0.2) is 11.6 Å². The van der Waals surface area contributed by atoms with Crippen LogP contribution in [0.5, 0.6) is 0 Å². The van der Waals surface area contributed by atoms with E-state index in [9.17, 15) is 46.4 Å². The summed E-state index contributed by atoms with van der Waals surface area (Å²) in [5, 5.41) is 46.5. The molecule has 6 aliphatic heterocycles. The van der Waals surface area contributed by atoms with E-state index in [1.165, 1.54) is 11.1 Å². The molecule has 0 aromatic rings. The second-order valence-electron chi connectivity index (χ2n) is 29.8. The fourth-order valence-electron chi connectivity index (χ4n) is 22.5. The van der Waals surface area contributed by atoms with Gasteiger partial charge in [-0.25, -0.2) is 16.8 Å². The van der Waals surface area contributed by atoms with E-state index in [-0.39, 0.29) is 138 Å². The Labute approximate surface area is 508 Å². The van der Waals surface area contributed by atoms with Crippen LogP contribution >= 0.6 is 0 Å². The van der Waals surface area contributed by atoms with E-state index >= 15 is 0 Å². The molecule has 6 heterocycles. The van der Waals surface area contributed by atoms with Crippen LogP contribution in [0.15, 0.2) is 22.3 Å². The largest absolute Gasteiger partial charge is 1.00 e. The SMILES string of the molecule is C[C@@H]([C@H]1CC[C@H]2C3=C(CC[C@]12C)[C@@]12CO[C@@](O)([C@@H](O)C1)C(C)(C)[C@@H]2[C@@H](OS(=O)(=O)[O-])C3)[C@H]1C[C@@H]2C[C@@](C)(OC2(C)C)[C@H](CC[C@@H](C)[C@H]2CC[C@H]3C4=C(CC[C@]23C)[C@@]23CO[C@@](O)([C@@H](O)C2)C(C)(C)[C@@H]3[C@@H](OS(=O)(=O)[O-])C4)O1.[Na+].[Na+]. The molecule has 6 bridgehead atoms. The molecule has 4 N–H and O–H groups in total. The molecule has 10 fully saturated rings. The normalized spacial score (nSPS) is 50.9. The van der Waals surface area contributed by atoms with Gasteiger partial charge >= 0.3 is 59.1 Å². The molecule has 4 saturated carbocycles. The van der Waals surface area contributed by atoms with Gasteiger partial charge in [-0.15, -0.1) is 0 Å². The molecular weight excluding hydrogens is 1060 g/mol. The Morgan fingerprint density at radius 1 is 0.667 bits per heavy atom. The Hall–Kier alpha value is 0.900. The zero-order valence-electron chi connectivity index (χ0n) is 48.9. The molecule has 0 aromatic carbocycles. The molecule has 14 rings (SSSR count). The molecule has 2 spiro atoms. The van der Waals surface area contributed by atoms with Crippen LogP contribution in [0, 0.1) is 85.8 Å². The summed E-state index contributed by atoms with van der Waals surface area (Å²) in [6.07, 6.45) is 7.28. The van der Waals surface area contributed by atoms with Gasteiger partial charge in [0.25, 0.3) is 0 Å². The topological polar surface area (TPSA) is 251 Å². The molecular formula is C58H88Na2O16S2. The van der Waals surface area contributed by atoms with Crippen molar-refractivity contribution >= 4 is 20.8 Å². The van der Waals surface area contributed by atoms with E-state index in [0.717, 1.165) is 88.2 Å². The number of hydrogen-bond donors (Lipinski definition) is 4. The van der Waals surface area contributed by atoms with Crippen molar-refractivity contribution in [1.29, 1.82) is 0 Å². The minimum Gasteiger partial charge on any atom is -0.726 e. The summed E-state index contributed by atoms with van der Waals surface area (Å²) in [5.41, 5.74) is -0.0659. The Kier molecular flexibility index (Phi) is 15.5. The van der Waals surface area contributed by atoms with Crippen LogP contribution in [-0.4, -0.2) is 119 Å². The van der Waals surface area contributed by atoms with Gasteiger partial charge in [-0.3, -0.25) is 8.37 Å². The van der Waals surface area contributed by atoms with E-state index in [1.807, 2.05) is 0 Å². The fraction of sp³-hybridized carbons (Fsp3) is 0.931. The Morgan fingerprint density at radius 2 is 1.12 bits per heavy atom. The molecule has 430 valence electrons. The molecule has 0 radical (unpaired) electrons. The summed E-state index contributed by atoms with van der Waals surface area (Å²) in [4.78, 5) is 0. The average molecular weight is 1150 g/mol. The number of hydrogen-bond acceptors (Lipinski definition) is 16. The maximum atomic E-state index is 12.5. The second-order valence-corrected chi connectivity index (χ2v) is 31.9. The monoisotopic (exact) mass is 1150 g/mol. The number of ether oxygens (including phenoxy) is 4. The third kappa shape index (κ3) is 8.60. The van der Waals surface area contributed by atoms with Gasteiger partial charge < -0.3 is 48.5 Å². The summed E-state index contributed by atoms with van der Waals surface area (Å²) in [7, 11) is -10.2. The minimum absolute atomic E-state index is 0. The summed E-state index contributed by atoms with van der Waals surface area (Å²) in [6, 6.07) is 0. The maximum absolute atomic E-state index is 12.5. The first kappa shape index (κ1) is 62.0. The third-order valence-electron chi connectivity index (χ3n) is 25.7. The van der Waals surface area contributed by atoms with E-state index in [4.69, 9.17) is 27.3 Å². The molecule has 0 unspecified atom stereocenters.